The van der Waals surface area contributed by atoms with Gasteiger partial charge in [0.15, 0.2) is 0 Å². The minimum absolute atomic E-state index is 0.423. The van der Waals surface area contributed by atoms with Gasteiger partial charge in [0.05, 0.1) is 11.2 Å². The van der Waals surface area contributed by atoms with Crippen LogP contribution >= 0.6 is 0 Å². The predicted molar refractivity (Wildman–Crippen MR) is 130 cm³/mol. The fraction of sp³-hybridized carbons (Fsp3) is 0.462. The molecule has 1 unspecified atom stereocenters. The van der Waals surface area contributed by atoms with E-state index in [2.05, 4.69) is 58.5 Å². The molecule has 0 radical (unpaired) electrons. The Hall–Kier alpha value is -2.66. The second-order valence-electron chi connectivity index (χ2n) is 9.48. The molecule has 5 nitrogen and oxygen atoms in total. The van der Waals surface area contributed by atoms with Gasteiger partial charge in [-0.15, -0.1) is 0 Å². The van der Waals surface area contributed by atoms with Gasteiger partial charge in [0, 0.05) is 62.0 Å². The third-order valence-electron chi connectivity index (χ3n) is 7.10. The first-order valence-corrected chi connectivity index (χ1v) is 11.6. The van der Waals surface area contributed by atoms with Gasteiger partial charge in [-0.2, -0.15) is 0 Å². The summed E-state index contributed by atoms with van der Waals surface area (Å²) in [5.41, 5.74) is 6.25. The standard InChI is InChI=1S/C26H33N5/c1-4-19-6-8-21-23(14-19)29-22(20-7-9-25(28-16-20)30(2)3)15-24(21)31-13-11-26(18-31)10-5-12-27-17-26/h6-9,14-16,27H,4-5,10-13,17-18H2,1-3H3. The summed E-state index contributed by atoms with van der Waals surface area (Å²) in [4.78, 5) is 14.3. The van der Waals surface area contributed by atoms with Gasteiger partial charge in [-0.3, -0.25) is 0 Å². The van der Waals surface area contributed by atoms with Crippen molar-refractivity contribution in [1.82, 2.24) is 15.3 Å². The van der Waals surface area contributed by atoms with Crippen LogP contribution in [0.15, 0.2) is 42.6 Å². The van der Waals surface area contributed by atoms with Crippen LogP contribution in [0.25, 0.3) is 22.2 Å². The molecule has 2 fully saturated rings. The maximum absolute atomic E-state index is 5.07. The summed E-state index contributed by atoms with van der Waals surface area (Å²) in [5.74, 6) is 0.962. The summed E-state index contributed by atoms with van der Waals surface area (Å²) in [6, 6.07) is 13.3. The van der Waals surface area contributed by atoms with E-state index in [9.17, 15) is 0 Å². The number of aromatic nitrogens is 2. The first-order chi connectivity index (χ1) is 15.1. The van der Waals surface area contributed by atoms with E-state index in [-0.39, 0.29) is 0 Å². The summed E-state index contributed by atoms with van der Waals surface area (Å²) < 4.78 is 0. The highest BCUT2D eigenvalue weighted by molar-refractivity contribution is 5.94. The van der Waals surface area contributed by atoms with Crippen LogP contribution in [-0.2, 0) is 6.42 Å². The quantitative estimate of drug-likeness (QED) is 0.679. The Morgan fingerprint density at radius 1 is 1.13 bits per heavy atom. The number of nitrogens with zero attached hydrogens (tertiary/aromatic N) is 4. The van der Waals surface area contributed by atoms with Gasteiger partial charge in [-0.05, 0) is 62.1 Å². The SMILES string of the molecule is CCc1ccc2c(N3CCC4(CCCNC4)C3)cc(-c3ccc(N(C)C)nc3)nc2c1. The Morgan fingerprint density at radius 3 is 2.74 bits per heavy atom. The van der Waals surface area contributed by atoms with E-state index < -0.39 is 0 Å². The van der Waals surface area contributed by atoms with E-state index in [4.69, 9.17) is 4.98 Å². The van der Waals surface area contributed by atoms with Crippen LogP contribution in [0.4, 0.5) is 11.5 Å². The number of hydrogen-bond donors (Lipinski definition) is 1. The fourth-order valence-corrected chi connectivity index (χ4v) is 5.21. The van der Waals surface area contributed by atoms with Crippen molar-refractivity contribution in [3.8, 4) is 11.3 Å². The highest BCUT2D eigenvalue weighted by Crippen LogP contribution is 2.41. The second kappa shape index (κ2) is 8.12. The van der Waals surface area contributed by atoms with Crippen LogP contribution in [0.2, 0.25) is 0 Å². The van der Waals surface area contributed by atoms with Crippen molar-refractivity contribution >= 4 is 22.4 Å². The number of rotatable bonds is 4. The van der Waals surface area contributed by atoms with Crippen molar-refractivity contribution in [3.63, 3.8) is 0 Å². The lowest BCUT2D eigenvalue weighted by atomic mass is 9.80. The van der Waals surface area contributed by atoms with E-state index in [1.165, 1.54) is 42.4 Å². The fourth-order valence-electron chi connectivity index (χ4n) is 5.21. The molecule has 1 aromatic carbocycles. The molecule has 1 N–H and O–H groups in total. The minimum Gasteiger partial charge on any atom is -0.370 e. The molecule has 0 saturated carbocycles. The smallest absolute Gasteiger partial charge is 0.127 e. The maximum Gasteiger partial charge on any atom is 0.127 e. The van der Waals surface area contributed by atoms with E-state index in [0.29, 0.717) is 5.41 Å². The molecular weight excluding hydrogens is 382 g/mol. The molecule has 3 aromatic rings. The largest absolute Gasteiger partial charge is 0.370 e. The van der Waals surface area contributed by atoms with Gasteiger partial charge in [0.1, 0.15) is 5.82 Å². The van der Waals surface area contributed by atoms with Gasteiger partial charge in [-0.25, -0.2) is 9.97 Å². The monoisotopic (exact) mass is 415 g/mol. The zero-order valence-corrected chi connectivity index (χ0v) is 19.0. The third kappa shape index (κ3) is 3.87. The van der Waals surface area contributed by atoms with Crippen molar-refractivity contribution in [1.29, 1.82) is 0 Å². The number of aryl methyl sites for hydroxylation is 1. The molecule has 31 heavy (non-hydrogen) atoms. The average molecular weight is 416 g/mol. The van der Waals surface area contributed by atoms with Crippen LogP contribution in [-0.4, -0.2) is 50.2 Å². The highest BCUT2D eigenvalue weighted by Gasteiger charge is 2.39. The van der Waals surface area contributed by atoms with E-state index in [0.717, 1.165) is 48.6 Å². The zero-order valence-electron chi connectivity index (χ0n) is 19.0. The first-order valence-electron chi connectivity index (χ1n) is 11.6. The summed E-state index contributed by atoms with van der Waals surface area (Å²) in [7, 11) is 4.04. The molecule has 2 aliphatic heterocycles. The third-order valence-corrected chi connectivity index (χ3v) is 7.10. The summed E-state index contributed by atoms with van der Waals surface area (Å²) in [6.45, 7) is 6.77. The van der Waals surface area contributed by atoms with Gasteiger partial charge in [0.2, 0.25) is 0 Å². The molecule has 1 spiro atoms. The number of pyridine rings is 2. The molecule has 2 aromatic heterocycles. The van der Waals surface area contributed by atoms with Crippen molar-refractivity contribution in [2.75, 3.05) is 50.1 Å². The molecule has 2 saturated heterocycles. The van der Waals surface area contributed by atoms with Gasteiger partial charge >= 0.3 is 0 Å². The lowest BCUT2D eigenvalue weighted by molar-refractivity contribution is 0.239. The molecule has 0 bridgehead atoms. The van der Waals surface area contributed by atoms with Crippen molar-refractivity contribution < 1.29 is 0 Å². The Balaban J connectivity index is 1.57. The lowest BCUT2D eigenvalue weighted by Gasteiger charge is -2.34. The molecular formula is C26H33N5. The Kier molecular flexibility index (Phi) is 5.30. The topological polar surface area (TPSA) is 44.3 Å². The number of anilines is 2. The average Bonchev–Trinajstić information content (AvgIpc) is 3.21. The van der Waals surface area contributed by atoms with E-state index in [1.54, 1.807) is 0 Å². The summed E-state index contributed by atoms with van der Waals surface area (Å²) in [6.07, 6.45) is 6.87. The van der Waals surface area contributed by atoms with Gasteiger partial charge in [-0.1, -0.05) is 19.1 Å². The number of nitrogens with one attached hydrogen (secondary N) is 1. The van der Waals surface area contributed by atoms with E-state index in [1.807, 2.05) is 25.2 Å². The minimum atomic E-state index is 0.423. The van der Waals surface area contributed by atoms with Crippen LogP contribution in [0.1, 0.15) is 31.7 Å². The highest BCUT2D eigenvalue weighted by atomic mass is 15.2. The number of fused-ring (bicyclic) bond motifs is 1. The van der Waals surface area contributed by atoms with Crippen molar-refractivity contribution in [2.24, 2.45) is 5.41 Å². The van der Waals surface area contributed by atoms with Crippen LogP contribution < -0.4 is 15.1 Å². The maximum atomic E-state index is 5.07. The molecule has 5 heteroatoms. The van der Waals surface area contributed by atoms with Crippen LogP contribution in [0, 0.1) is 5.41 Å². The van der Waals surface area contributed by atoms with Crippen LogP contribution in [0.5, 0.6) is 0 Å². The normalized spacial score (nSPS) is 21.2. The van der Waals surface area contributed by atoms with Crippen molar-refractivity contribution in [2.45, 2.75) is 32.6 Å². The lowest BCUT2D eigenvalue weighted by Crippen LogP contribution is -2.41. The molecule has 5 rings (SSSR count). The Bertz CT molecular complexity index is 1070. The number of benzene rings is 1. The molecule has 1 atom stereocenters. The Labute approximate surface area is 185 Å². The first kappa shape index (κ1) is 20.3. The van der Waals surface area contributed by atoms with Crippen molar-refractivity contribution in [3.05, 3.63) is 48.2 Å². The van der Waals surface area contributed by atoms with Crippen LogP contribution in [0.3, 0.4) is 0 Å². The zero-order chi connectivity index (χ0) is 21.4. The Morgan fingerprint density at radius 2 is 2.03 bits per heavy atom. The predicted octanol–water partition coefficient (Wildman–Crippen LogP) is 4.51. The number of piperidine rings is 1. The summed E-state index contributed by atoms with van der Waals surface area (Å²) >= 11 is 0. The molecule has 0 aliphatic carbocycles. The van der Waals surface area contributed by atoms with E-state index >= 15 is 0 Å². The second-order valence-corrected chi connectivity index (χ2v) is 9.48. The molecule has 4 heterocycles. The molecule has 162 valence electrons. The van der Waals surface area contributed by atoms with Gasteiger partial charge < -0.3 is 15.1 Å². The number of hydrogen-bond acceptors (Lipinski definition) is 5. The molecule has 2 aliphatic rings. The molecule has 0 amide bonds. The van der Waals surface area contributed by atoms with Gasteiger partial charge in [0.25, 0.3) is 0 Å². The summed E-state index contributed by atoms with van der Waals surface area (Å²) in [5, 5.41) is 4.91.